The van der Waals surface area contributed by atoms with Gasteiger partial charge in [0.05, 0.1) is 10.8 Å². The number of ketones is 1. The lowest BCUT2D eigenvalue weighted by molar-refractivity contribution is -0.145. The molecule has 2 aromatic carbocycles. The molecule has 156 valence electrons. The van der Waals surface area contributed by atoms with Crippen LogP contribution in [-0.2, 0) is 20.9 Å². The third-order valence-electron chi connectivity index (χ3n) is 4.44. The van der Waals surface area contributed by atoms with E-state index in [4.69, 9.17) is 4.74 Å². The fraction of sp³-hybridized carbons (Fsp3) is 0.417. The Hall–Kier alpha value is -2.11. The number of ether oxygens (including phenoxy) is 1. The van der Waals surface area contributed by atoms with Crippen molar-refractivity contribution in [2.24, 2.45) is 0 Å². The lowest BCUT2D eigenvalue weighted by atomic mass is 9.96. The SMILES string of the molecule is CC(C)N[C@@H](CCC(=O)OCc1ccccc1)C(=O)C(C)(C)Sc1ccccc1. The Morgan fingerprint density at radius 1 is 1.00 bits per heavy atom. The van der Waals surface area contributed by atoms with E-state index in [1.54, 1.807) is 11.8 Å². The van der Waals surface area contributed by atoms with Crippen molar-refractivity contribution in [2.45, 2.75) is 68.9 Å². The van der Waals surface area contributed by atoms with Crippen LogP contribution < -0.4 is 5.32 Å². The summed E-state index contributed by atoms with van der Waals surface area (Å²) in [5.74, 6) is -0.193. The highest BCUT2D eigenvalue weighted by molar-refractivity contribution is 8.01. The number of hydrogen-bond donors (Lipinski definition) is 1. The first kappa shape index (κ1) is 23.2. The summed E-state index contributed by atoms with van der Waals surface area (Å²) in [6, 6.07) is 19.2. The molecule has 0 saturated heterocycles. The molecule has 4 nitrogen and oxygen atoms in total. The molecule has 29 heavy (non-hydrogen) atoms. The molecule has 0 aliphatic carbocycles. The number of rotatable bonds is 11. The molecular formula is C24H31NO3S. The number of carbonyl (C=O) groups excluding carboxylic acids is 2. The van der Waals surface area contributed by atoms with E-state index in [-0.39, 0.29) is 30.8 Å². The fourth-order valence-electron chi connectivity index (χ4n) is 3.02. The minimum Gasteiger partial charge on any atom is -0.461 e. The number of benzene rings is 2. The van der Waals surface area contributed by atoms with Crippen LogP contribution in [0.2, 0.25) is 0 Å². The quantitative estimate of drug-likeness (QED) is 0.414. The molecule has 0 radical (unpaired) electrons. The third kappa shape index (κ3) is 8.03. The summed E-state index contributed by atoms with van der Waals surface area (Å²) in [4.78, 5) is 26.5. The molecule has 0 aromatic heterocycles. The van der Waals surface area contributed by atoms with Gasteiger partial charge in [0.1, 0.15) is 6.61 Å². The van der Waals surface area contributed by atoms with Gasteiger partial charge in [0.25, 0.3) is 0 Å². The Balaban J connectivity index is 1.94. The van der Waals surface area contributed by atoms with Crippen LogP contribution in [0.4, 0.5) is 0 Å². The van der Waals surface area contributed by atoms with Crippen LogP contribution in [0.25, 0.3) is 0 Å². The summed E-state index contributed by atoms with van der Waals surface area (Å²) in [6.45, 7) is 8.15. The predicted molar refractivity (Wildman–Crippen MR) is 119 cm³/mol. The molecule has 1 atom stereocenters. The van der Waals surface area contributed by atoms with Crippen molar-refractivity contribution < 1.29 is 14.3 Å². The van der Waals surface area contributed by atoms with Crippen LogP contribution >= 0.6 is 11.8 Å². The Morgan fingerprint density at radius 3 is 2.17 bits per heavy atom. The van der Waals surface area contributed by atoms with E-state index >= 15 is 0 Å². The average Bonchev–Trinajstić information content (AvgIpc) is 2.70. The molecular weight excluding hydrogens is 382 g/mol. The number of carbonyl (C=O) groups is 2. The topological polar surface area (TPSA) is 55.4 Å². The predicted octanol–water partition coefficient (Wildman–Crippen LogP) is 5.02. The first-order valence-electron chi connectivity index (χ1n) is 10.0. The van der Waals surface area contributed by atoms with Gasteiger partial charge >= 0.3 is 5.97 Å². The van der Waals surface area contributed by atoms with Crippen molar-refractivity contribution in [3.8, 4) is 0 Å². The van der Waals surface area contributed by atoms with E-state index in [1.165, 1.54) is 0 Å². The highest BCUT2D eigenvalue weighted by atomic mass is 32.2. The Bertz CT molecular complexity index is 775. The minimum atomic E-state index is -0.609. The maximum atomic E-state index is 13.3. The van der Waals surface area contributed by atoms with Crippen molar-refractivity contribution in [3.63, 3.8) is 0 Å². The van der Waals surface area contributed by atoms with Crippen molar-refractivity contribution in [3.05, 3.63) is 66.2 Å². The zero-order valence-corrected chi connectivity index (χ0v) is 18.5. The second-order valence-corrected chi connectivity index (χ2v) is 9.54. The largest absolute Gasteiger partial charge is 0.461 e. The molecule has 0 amide bonds. The van der Waals surface area contributed by atoms with Crippen molar-refractivity contribution in [1.82, 2.24) is 5.32 Å². The Kier molecular flexibility index (Phi) is 8.93. The molecule has 1 N–H and O–H groups in total. The molecule has 0 aliphatic rings. The molecule has 0 saturated carbocycles. The normalized spacial score (nSPS) is 12.6. The van der Waals surface area contributed by atoms with Gasteiger partial charge in [0, 0.05) is 17.4 Å². The molecule has 0 spiro atoms. The number of hydrogen-bond acceptors (Lipinski definition) is 5. The minimum absolute atomic E-state index is 0.0934. The van der Waals surface area contributed by atoms with Gasteiger partial charge < -0.3 is 10.1 Å². The number of Topliss-reactive ketones (excluding diaryl/α,β-unsaturated/α-hetero) is 1. The third-order valence-corrected chi connectivity index (χ3v) is 5.66. The van der Waals surface area contributed by atoms with Gasteiger partial charge in [-0.2, -0.15) is 0 Å². The smallest absolute Gasteiger partial charge is 0.306 e. The van der Waals surface area contributed by atoms with Crippen molar-refractivity contribution >= 4 is 23.5 Å². The first-order chi connectivity index (χ1) is 13.8. The summed E-state index contributed by atoms with van der Waals surface area (Å²) in [5, 5.41) is 3.33. The summed E-state index contributed by atoms with van der Waals surface area (Å²) in [6.07, 6.45) is 0.623. The number of nitrogens with one attached hydrogen (secondary N) is 1. The van der Waals surface area contributed by atoms with Crippen molar-refractivity contribution in [1.29, 1.82) is 0 Å². The van der Waals surface area contributed by atoms with Gasteiger partial charge in [-0.15, -0.1) is 11.8 Å². The van der Waals surface area contributed by atoms with E-state index in [9.17, 15) is 9.59 Å². The second-order valence-electron chi connectivity index (χ2n) is 7.85. The zero-order chi connectivity index (χ0) is 21.3. The van der Waals surface area contributed by atoms with E-state index in [0.29, 0.717) is 6.42 Å². The maximum Gasteiger partial charge on any atom is 0.306 e. The molecule has 0 unspecified atom stereocenters. The standard InChI is InChI=1S/C24H31NO3S/c1-18(2)25-21(15-16-22(26)28-17-19-11-7-5-8-12-19)23(27)24(3,4)29-20-13-9-6-10-14-20/h5-14,18,21,25H,15-17H2,1-4H3/t21-/m0/s1. The van der Waals surface area contributed by atoms with Gasteiger partial charge in [-0.25, -0.2) is 0 Å². The zero-order valence-electron chi connectivity index (χ0n) is 17.7. The highest BCUT2D eigenvalue weighted by Gasteiger charge is 2.35. The molecule has 2 aromatic rings. The number of thioether (sulfide) groups is 1. The lowest BCUT2D eigenvalue weighted by Crippen LogP contribution is -2.48. The van der Waals surface area contributed by atoms with E-state index in [0.717, 1.165) is 10.5 Å². The summed E-state index contributed by atoms with van der Waals surface area (Å²) in [7, 11) is 0. The van der Waals surface area contributed by atoms with Crippen molar-refractivity contribution in [2.75, 3.05) is 0 Å². The summed E-state index contributed by atoms with van der Waals surface area (Å²) in [5.41, 5.74) is 0.953. The van der Waals surface area contributed by atoms with E-state index < -0.39 is 10.8 Å². The highest BCUT2D eigenvalue weighted by Crippen LogP contribution is 2.34. The molecule has 5 heteroatoms. The van der Waals surface area contributed by atoms with Crippen LogP contribution in [0.15, 0.2) is 65.6 Å². The van der Waals surface area contributed by atoms with Crippen LogP contribution in [0.1, 0.15) is 46.1 Å². The maximum absolute atomic E-state index is 13.3. The molecule has 0 aliphatic heterocycles. The van der Waals surface area contributed by atoms with Crippen LogP contribution in [-0.4, -0.2) is 28.6 Å². The monoisotopic (exact) mass is 413 g/mol. The van der Waals surface area contributed by atoms with E-state index in [2.05, 4.69) is 5.32 Å². The Labute approximate surface area is 178 Å². The molecule has 0 heterocycles. The molecule has 2 rings (SSSR count). The van der Waals surface area contributed by atoms with E-state index in [1.807, 2.05) is 88.4 Å². The molecule has 0 fully saturated rings. The van der Waals surface area contributed by atoms with Crippen LogP contribution in [0, 0.1) is 0 Å². The van der Waals surface area contributed by atoms with Gasteiger partial charge in [0.2, 0.25) is 0 Å². The Morgan fingerprint density at radius 2 is 1.59 bits per heavy atom. The summed E-state index contributed by atoms with van der Waals surface area (Å²) < 4.78 is 4.75. The van der Waals surface area contributed by atoms with Crippen LogP contribution in [0.5, 0.6) is 0 Å². The number of esters is 1. The lowest BCUT2D eigenvalue weighted by Gasteiger charge is -2.29. The summed E-state index contributed by atoms with van der Waals surface area (Å²) >= 11 is 1.55. The van der Waals surface area contributed by atoms with Gasteiger partial charge in [-0.05, 0) is 38.0 Å². The fourth-order valence-corrected chi connectivity index (χ4v) is 4.14. The van der Waals surface area contributed by atoms with Gasteiger partial charge in [-0.1, -0.05) is 62.4 Å². The van der Waals surface area contributed by atoms with Gasteiger partial charge in [0.15, 0.2) is 5.78 Å². The first-order valence-corrected chi connectivity index (χ1v) is 10.8. The molecule has 0 bridgehead atoms. The van der Waals surface area contributed by atoms with Gasteiger partial charge in [-0.3, -0.25) is 9.59 Å². The second kappa shape index (κ2) is 11.2. The van der Waals surface area contributed by atoms with Crippen LogP contribution in [0.3, 0.4) is 0 Å². The average molecular weight is 414 g/mol.